The van der Waals surface area contributed by atoms with Gasteiger partial charge in [-0.15, -0.1) is 0 Å². The summed E-state index contributed by atoms with van der Waals surface area (Å²) in [4.78, 5) is 25.9. The second-order valence-corrected chi connectivity index (χ2v) is 5.97. The molecule has 0 bridgehead atoms. The monoisotopic (exact) mass is 286 g/mol. The molecule has 2 atom stereocenters. The molecule has 1 fully saturated rings. The van der Waals surface area contributed by atoms with Gasteiger partial charge in [0.05, 0.1) is 12.5 Å². The highest BCUT2D eigenvalue weighted by Gasteiger charge is 2.41. The zero-order chi connectivity index (χ0) is 14.4. The Labute approximate surface area is 120 Å². The average molecular weight is 286 g/mol. The molecule has 0 aromatic heterocycles. The number of carbonyl (C=O) groups excluding carboxylic acids is 2. The van der Waals surface area contributed by atoms with Crippen LogP contribution in [0.1, 0.15) is 46.5 Å². The number of hydrogen-bond acceptors (Lipinski definition) is 4. The largest absolute Gasteiger partial charge is 0.302 e. The highest BCUT2D eigenvalue weighted by molar-refractivity contribution is 7.98. The highest BCUT2D eigenvalue weighted by atomic mass is 32.2. The van der Waals surface area contributed by atoms with E-state index in [1.54, 1.807) is 11.8 Å². The molecule has 1 N–H and O–H groups in total. The van der Waals surface area contributed by atoms with Crippen LogP contribution in [0.5, 0.6) is 0 Å². The van der Waals surface area contributed by atoms with E-state index in [0.717, 1.165) is 25.0 Å². The van der Waals surface area contributed by atoms with Crippen LogP contribution in [-0.4, -0.2) is 46.8 Å². The molecule has 1 saturated heterocycles. The molecule has 2 amide bonds. The average Bonchev–Trinajstić information content (AvgIpc) is 2.67. The van der Waals surface area contributed by atoms with Crippen LogP contribution in [0.4, 0.5) is 0 Å². The number of hydrogen-bond donors (Lipinski definition) is 1. The zero-order valence-electron chi connectivity index (χ0n) is 12.4. The van der Waals surface area contributed by atoms with Crippen molar-refractivity contribution in [2.75, 3.05) is 12.0 Å². The predicted molar refractivity (Wildman–Crippen MR) is 80.2 cm³/mol. The van der Waals surface area contributed by atoms with E-state index in [0.29, 0.717) is 12.5 Å². The van der Waals surface area contributed by atoms with Crippen molar-refractivity contribution >= 4 is 23.6 Å². The van der Waals surface area contributed by atoms with Gasteiger partial charge in [0.2, 0.25) is 11.8 Å². The van der Waals surface area contributed by atoms with Crippen molar-refractivity contribution in [2.45, 2.75) is 64.6 Å². The molecule has 1 rings (SSSR count). The van der Waals surface area contributed by atoms with Crippen LogP contribution in [0.3, 0.4) is 0 Å². The first-order valence-corrected chi connectivity index (χ1v) is 8.59. The van der Waals surface area contributed by atoms with E-state index in [1.165, 1.54) is 4.90 Å². The molecule has 0 radical (unpaired) electrons. The SMILES string of the molecule is CCC(CSC)NC1CC(=O)N(C(CC)CC)C1=O. The molecule has 1 aliphatic heterocycles. The molecule has 2 unspecified atom stereocenters. The smallest absolute Gasteiger partial charge is 0.247 e. The van der Waals surface area contributed by atoms with Crippen molar-refractivity contribution in [2.24, 2.45) is 0 Å². The lowest BCUT2D eigenvalue weighted by atomic mass is 10.1. The van der Waals surface area contributed by atoms with E-state index < -0.39 is 0 Å². The van der Waals surface area contributed by atoms with Crippen LogP contribution in [0.2, 0.25) is 0 Å². The lowest BCUT2D eigenvalue weighted by Gasteiger charge is -2.25. The number of nitrogens with one attached hydrogen (secondary N) is 1. The predicted octanol–water partition coefficient (Wildman–Crippen LogP) is 2.03. The van der Waals surface area contributed by atoms with Gasteiger partial charge in [0.1, 0.15) is 0 Å². The fraction of sp³-hybridized carbons (Fsp3) is 0.857. The second kappa shape index (κ2) is 7.90. The standard InChI is InChI=1S/C14H26N2O2S/c1-5-10(9-19-4)15-12-8-13(17)16(14(12)18)11(6-2)7-3/h10-12,15H,5-9H2,1-4H3. The maximum Gasteiger partial charge on any atom is 0.247 e. The maximum absolute atomic E-state index is 12.4. The van der Waals surface area contributed by atoms with Crippen LogP contribution in [-0.2, 0) is 9.59 Å². The lowest BCUT2D eigenvalue weighted by molar-refractivity contribution is -0.141. The van der Waals surface area contributed by atoms with Crippen LogP contribution in [0.25, 0.3) is 0 Å². The Kier molecular flexibility index (Phi) is 6.86. The number of carbonyl (C=O) groups is 2. The van der Waals surface area contributed by atoms with Gasteiger partial charge in [-0.05, 0) is 25.5 Å². The third-order valence-corrected chi connectivity index (χ3v) is 4.52. The molecular formula is C14H26N2O2S. The summed E-state index contributed by atoms with van der Waals surface area (Å²) < 4.78 is 0. The second-order valence-electron chi connectivity index (χ2n) is 5.06. The van der Waals surface area contributed by atoms with Gasteiger partial charge in [-0.25, -0.2) is 0 Å². The van der Waals surface area contributed by atoms with Crippen molar-refractivity contribution < 1.29 is 9.59 Å². The topological polar surface area (TPSA) is 49.4 Å². The number of amides is 2. The third kappa shape index (κ3) is 3.96. The van der Waals surface area contributed by atoms with Crippen LogP contribution in [0.15, 0.2) is 0 Å². The van der Waals surface area contributed by atoms with Crippen molar-refractivity contribution in [3.05, 3.63) is 0 Å². The molecule has 19 heavy (non-hydrogen) atoms. The summed E-state index contributed by atoms with van der Waals surface area (Å²) in [5.41, 5.74) is 0. The number of rotatable bonds is 8. The molecule has 1 heterocycles. The first-order chi connectivity index (χ1) is 9.08. The Balaban J connectivity index is 2.69. The fourth-order valence-electron chi connectivity index (χ4n) is 2.59. The van der Waals surface area contributed by atoms with Crippen molar-refractivity contribution in [3.8, 4) is 0 Å². The molecule has 0 spiro atoms. The van der Waals surface area contributed by atoms with Gasteiger partial charge < -0.3 is 5.32 Å². The Morgan fingerprint density at radius 3 is 2.37 bits per heavy atom. The normalized spacial score (nSPS) is 21.5. The summed E-state index contributed by atoms with van der Waals surface area (Å²) in [5, 5.41) is 3.35. The molecule has 0 aromatic rings. The minimum atomic E-state index is -0.315. The van der Waals surface area contributed by atoms with Gasteiger partial charge in [0.25, 0.3) is 0 Å². The van der Waals surface area contributed by atoms with Crippen molar-refractivity contribution in [3.63, 3.8) is 0 Å². The number of nitrogens with zero attached hydrogens (tertiary/aromatic N) is 1. The summed E-state index contributed by atoms with van der Waals surface area (Å²) in [7, 11) is 0. The molecule has 4 nitrogen and oxygen atoms in total. The number of thioether (sulfide) groups is 1. The first-order valence-electron chi connectivity index (χ1n) is 7.19. The van der Waals surface area contributed by atoms with Crippen molar-refractivity contribution in [1.29, 1.82) is 0 Å². The van der Waals surface area contributed by atoms with Crippen LogP contribution >= 0.6 is 11.8 Å². The number of imide groups is 1. The van der Waals surface area contributed by atoms with Crippen molar-refractivity contribution in [1.82, 2.24) is 10.2 Å². The van der Waals surface area contributed by atoms with Gasteiger partial charge in [0.15, 0.2) is 0 Å². The van der Waals surface area contributed by atoms with E-state index in [9.17, 15) is 9.59 Å². The molecule has 0 aromatic carbocycles. The van der Waals surface area contributed by atoms with E-state index in [4.69, 9.17) is 0 Å². The van der Waals surface area contributed by atoms with E-state index in [2.05, 4.69) is 18.5 Å². The van der Waals surface area contributed by atoms with Gasteiger partial charge in [-0.2, -0.15) is 11.8 Å². The fourth-order valence-corrected chi connectivity index (χ4v) is 3.32. The van der Waals surface area contributed by atoms with Gasteiger partial charge in [-0.1, -0.05) is 20.8 Å². The highest BCUT2D eigenvalue weighted by Crippen LogP contribution is 2.21. The summed E-state index contributed by atoms with van der Waals surface area (Å²) in [6, 6.07) is 0.0519. The van der Waals surface area contributed by atoms with Gasteiger partial charge in [-0.3, -0.25) is 14.5 Å². The van der Waals surface area contributed by atoms with Crippen LogP contribution in [0, 0.1) is 0 Å². The first kappa shape index (κ1) is 16.5. The molecular weight excluding hydrogens is 260 g/mol. The molecule has 1 aliphatic rings. The van der Waals surface area contributed by atoms with E-state index >= 15 is 0 Å². The maximum atomic E-state index is 12.4. The summed E-state index contributed by atoms with van der Waals surface area (Å²) in [6.45, 7) is 6.16. The molecule has 5 heteroatoms. The lowest BCUT2D eigenvalue weighted by Crippen LogP contribution is -2.47. The van der Waals surface area contributed by atoms with Gasteiger partial charge in [0, 0.05) is 17.8 Å². The molecule has 110 valence electrons. The Morgan fingerprint density at radius 1 is 1.26 bits per heavy atom. The minimum Gasteiger partial charge on any atom is -0.302 e. The number of likely N-dealkylation sites (tertiary alicyclic amines) is 1. The zero-order valence-corrected chi connectivity index (χ0v) is 13.3. The molecule has 0 aliphatic carbocycles. The third-order valence-electron chi connectivity index (χ3n) is 3.79. The quantitative estimate of drug-likeness (QED) is 0.694. The summed E-state index contributed by atoms with van der Waals surface area (Å²) in [6.07, 6.45) is 5.03. The molecule has 0 saturated carbocycles. The Hall–Kier alpha value is -0.550. The van der Waals surface area contributed by atoms with E-state index in [1.807, 2.05) is 13.8 Å². The summed E-state index contributed by atoms with van der Waals surface area (Å²) in [5.74, 6) is 0.924. The Morgan fingerprint density at radius 2 is 1.89 bits per heavy atom. The van der Waals surface area contributed by atoms with Gasteiger partial charge >= 0.3 is 0 Å². The van der Waals surface area contributed by atoms with E-state index in [-0.39, 0.29) is 23.9 Å². The minimum absolute atomic E-state index is 0.0183. The summed E-state index contributed by atoms with van der Waals surface area (Å²) >= 11 is 1.76. The van der Waals surface area contributed by atoms with Crippen LogP contribution < -0.4 is 5.32 Å². The Bertz CT molecular complexity index is 319.